The van der Waals surface area contributed by atoms with Crippen LogP contribution < -0.4 is 15.2 Å². The van der Waals surface area contributed by atoms with Crippen LogP contribution in [-0.2, 0) is 0 Å². The molecule has 0 amide bonds. The van der Waals surface area contributed by atoms with Crippen molar-refractivity contribution in [2.45, 2.75) is 0 Å². The number of H-pyrrole nitrogens is 2. The Morgan fingerprint density at radius 3 is 2.74 bits per heavy atom. The lowest BCUT2D eigenvalue weighted by atomic mass is 10.1. The smallest absolute Gasteiger partial charge is 0.323 e. The van der Waals surface area contributed by atoms with Crippen LogP contribution in [0.2, 0.25) is 0 Å². The number of allylic oxidation sites excluding steroid dienone is 1. The molecule has 0 bridgehead atoms. The van der Waals surface area contributed by atoms with Crippen LogP contribution in [0.4, 0.5) is 0 Å². The van der Waals surface area contributed by atoms with Crippen molar-refractivity contribution >= 4 is 38.8 Å². The zero-order valence-corrected chi connectivity index (χ0v) is 16.1. The molecule has 0 saturated heterocycles. The van der Waals surface area contributed by atoms with Gasteiger partial charge in [0.15, 0.2) is 17.3 Å². The number of carbonyl (C=O) groups is 1. The van der Waals surface area contributed by atoms with E-state index < -0.39 is 0 Å². The van der Waals surface area contributed by atoms with Crippen LogP contribution in [0.3, 0.4) is 0 Å². The highest BCUT2D eigenvalue weighted by atomic mass is 79.9. The van der Waals surface area contributed by atoms with Gasteiger partial charge in [0.2, 0.25) is 0 Å². The van der Waals surface area contributed by atoms with Crippen molar-refractivity contribution in [1.82, 2.24) is 9.97 Å². The Balaban J connectivity index is 1.85. The molecular formula is C20H17BrN2O4. The van der Waals surface area contributed by atoms with Gasteiger partial charge in [-0.3, -0.25) is 4.79 Å². The number of nitrogens with one attached hydrogen (secondary N) is 2. The molecule has 2 N–H and O–H groups in total. The number of ether oxygens (including phenoxy) is 2. The molecule has 27 heavy (non-hydrogen) atoms. The van der Waals surface area contributed by atoms with E-state index in [1.165, 1.54) is 6.08 Å². The summed E-state index contributed by atoms with van der Waals surface area (Å²) in [6, 6.07) is 8.61. The van der Waals surface area contributed by atoms with E-state index in [0.29, 0.717) is 39.2 Å². The highest BCUT2D eigenvalue weighted by Crippen LogP contribution is 2.37. The van der Waals surface area contributed by atoms with Gasteiger partial charge in [-0.2, -0.15) is 0 Å². The normalized spacial score (nSPS) is 11.0. The van der Waals surface area contributed by atoms with Gasteiger partial charge in [0.25, 0.3) is 0 Å². The van der Waals surface area contributed by atoms with Crippen LogP contribution in [0.1, 0.15) is 15.9 Å². The Kier molecular flexibility index (Phi) is 5.61. The Labute approximate surface area is 163 Å². The standard InChI is InChI=1S/C20H17BrN2O4/c1-3-8-27-19-14(21)9-12(10-18(19)26-2)4-7-17(24)13-5-6-15-16(11-13)23-20(25)22-15/h3-7,9-11H,1,8H2,2H3,(H2,22,23,25)/b7-4+. The molecule has 0 aliphatic rings. The van der Waals surface area contributed by atoms with Crippen LogP contribution in [0, 0.1) is 0 Å². The number of hydrogen-bond donors (Lipinski definition) is 2. The number of ketones is 1. The fourth-order valence-corrected chi connectivity index (χ4v) is 3.15. The van der Waals surface area contributed by atoms with Crippen LogP contribution >= 0.6 is 15.9 Å². The summed E-state index contributed by atoms with van der Waals surface area (Å²) in [5, 5.41) is 0. The van der Waals surface area contributed by atoms with Crippen molar-refractivity contribution < 1.29 is 14.3 Å². The van der Waals surface area contributed by atoms with Gasteiger partial charge in [0, 0.05) is 5.56 Å². The SMILES string of the molecule is C=CCOc1c(Br)cc(/C=C/C(=O)c2ccc3[nH]c(=O)[nH]c3c2)cc1OC. The molecule has 0 spiro atoms. The lowest BCUT2D eigenvalue weighted by Crippen LogP contribution is -1.99. The first-order valence-corrected chi connectivity index (χ1v) is 8.87. The van der Waals surface area contributed by atoms with Crippen molar-refractivity contribution in [3.8, 4) is 11.5 Å². The van der Waals surface area contributed by atoms with Gasteiger partial charge < -0.3 is 19.4 Å². The number of hydrogen-bond acceptors (Lipinski definition) is 4. The summed E-state index contributed by atoms with van der Waals surface area (Å²) in [5.41, 5.74) is 2.19. The molecule has 0 radical (unpaired) electrons. The summed E-state index contributed by atoms with van der Waals surface area (Å²) >= 11 is 3.46. The summed E-state index contributed by atoms with van der Waals surface area (Å²) < 4.78 is 11.7. The molecule has 0 saturated carbocycles. The molecule has 1 aromatic heterocycles. The maximum atomic E-state index is 12.4. The third-order valence-electron chi connectivity index (χ3n) is 3.82. The van der Waals surface area contributed by atoms with Crippen LogP contribution in [0.15, 0.2) is 58.3 Å². The van der Waals surface area contributed by atoms with Gasteiger partial charge >= 0.3 is 5.69 Å². The first kappa shape index (κ1) is 18.7. The fraction of sp³-hybridized carbons (Fsp3) is 0.100. The maximum absolute atomic E-state index is 12.4. The third kappa shape index (κ3) is 4.20. The number of carbonyl (C=O) groups excluding carboxylic acids is 1. The molecule has 3 aromatic rings. The van der Waals surface area contributed by atoms with Gasteiger partial charge in [-0.15, -0.1) is 0 Å². The highest BCUT2D eigenvalue weighted by molar-refractivity contribution is 9.10. The van der Waals surface area contributed by atoms with Crippen molar-refractivity contribution in [3.05, 3.63) is 75.1 Å². The molecule has 6 nitrogen and oxygen atoms in total. The highest BCUT2D eigenvalue weighted by Gasteiger charge is 2.11. The molecule has 3 rings (SSSR count). The monoisotopic (exact) mass is 428 g/mol. The molecule has 1 heterocycles. The second-order valence-electron chi connectivity index (χ2n) is 5.67. The largest absolute Gasteiger partial charge is 0.493 e. The Morgan fingerprint density at radius 2 is 2.00 bits per heavy atom. The number of benzene rings is 2. The predicted octanol–water partition coefficient (Wildman–Crippen LogP) is 4.09. The molecule has 2 aromatic carbocycles. The molecule has 0 atom stereocenters. The Hall–Kier alpha value is -3.06. The fourth-order valence-electron chi connectivity index (χ4n) is 2.57. The van der Waals surface area contributed by atoms with Crippen molar-refractivity contribution in [3.63, 3.8) is 0 Å². The lowest BCUT2D eigenvalue weighted by Gasteiger charge is -2.12. The van der Waals surface area contributed by atoms with E-state index in [1.54, 1.807) is 43.5 Å². The van der Waals surface area contributed by atoms with Gasteiger partial charge in [0.05, 0.1) is 22.6 Å². The Morgan fingerprint density at radius 1 is 1.22 bits per heavy atom. The second kappa shape index (κ2) is 8.09. The van der Waals surface area contributed by atoms with Crippen molar-refractivity contribution in [2.24, 2.45) is 0 Å². The number of halogens is 1. The summed E-state index contributed by atoms with van der Waals surface area (Å²) in [7, 11) is 1.55. The summed E-state index contributed by atoms with van der Waals surface area (Å²) in [4.78, 5) is 29.1. The minimum absolute atomic E-state index is 0.180. The number of rotatable bonds is 7. The van der Waals surface area contributed by atoms with Crippen molar-refractivity contribution in [1.29, 1.82) is 0 Å². The van der Waals surface area contributed by atoms with E-state index in [4.69, 9.17) is 9.47 Å². The van der Waals surface area contributed by atoms with E-state index in [0.717, 1.165) is 5.56 Å². The first-order valence-electron chi connectivity index (χ1n) is 8.07. The average Bonchev–Trinajstić information content (AvgIpc) is 3.03. The predicted molar refractivity (Wildman–Crippen MR) is 109 cm³/mol. The van der Waals surface area contributed by atoms with Gasteiger partial charge in [0.1, 0.15) is 6.61 Å². The minimum Gasteiger partial charge on any atom is -0.493 e. The van der Waals surface area contributed by atoms with E-state index in [1.807, 2.05) is 6.07 Å². The number of imidazole rings is 1. The molecule has 138 valence electrons. The summed E-state index contributed by atoms with van der Waals surface area (Å²) in [5.74, 6) is 0.938. The second-order valence-corrected chi connectivity index (χ2v) is 6.53. The first-order chi connectivity index (χ1) is 13.0. The molecule has 0 aliphatic heterocycles. The number of aromatic nitrogens is 2. The number of methoxy groups -OCH3 is 1. The Bertz CT molecular complexity index is 1100. The molecule has 0 unspecified atom stereocenters. The van der Waals surface area contributed by atoms with E-state index in [9.17, 15) is 9.59 Å². The van der Waals surface area contributed by atoms with E-state index in [-0.39, 0.29) is 11.5 Å². The third-order valence-corrected chi connectivity index (χ3v) is 4.41. The molecular weight excluding hydrogens is 412 g/mol. The average molecular weight is 429 g/mol. The summed E-state index contributed by atoms with van der Waals surface area (Å²) in [6.07, 6.45) is 4.81. The maximum Gasteiger partial charge on any atom is 0.323 e. The zero-order valence-electron chi connectivity index (χ0n) is 14.5. The zero-order chi connectivity index (χ0) is 19.4. The molecule has 0 fully saturated rings. The van der Waals surface area contributed by atoms with Crippen LogP contribution in [-0.4, -0.2) is 29.5 Å². The topological polar surface area (TPSA) is 84.2 Å². The van der Waals surface area contributed by atoms with E-state index >= 15 is 0 Å². The van der Waals surface area contributed by atoms with Crippen molar-refractivity contribution in [2.75, 3.05) is 13.7 Å². The van der Waals surface area contributed by atoms with Crippen LogP contribution in [0.5, 0.6) is 11.5 Å². The summed E-state index contributed by atoms with van der Waals surface area (Å²) in [6.45, 7) is 3.98. The van der Waals surface area contributed by atoms with E-state index in [2.05, 4.69) is 32.5 Å². The minimum atomic E-state index is -0.305. The quantitative estimate of drug-likeness (QED) is 0.337. The molecule has 0 aliphatic carbocycles. The van der Waals surface area contributed by atoms with Gasteiger partial charge in [-0.25, -0.2) is 4.79 Å². The lowest BCUT2D eigenvalue weighted by molar-refractivity contribution is 0.104. The molecule has 7 heteroatoms. The van der Waals surface area contributed by atoms with Gasteiger partial charge in [-0.05, 0) is 57.9 Å². The van der Waals surface area contributed by atoms with Gasteiger partial charge in [-0.1, -0.05) is 18.7 Å². The number of fused-ring (bicyclic) bond motifs is 1. The number of aromatic amines is 2. The van der Waals surface area contributed by atoms with Crippen LogP contribution in [0.25, 0.3) is 17.1 Å².